The highest BCUT2D eigenvalue weighted by Crippen LogP contribution is 2.26. The Morgan fingerprint density at radius 2 is 2.05 bits per heavy atom. The average Bonchev–Trinajstić information content (AvgIpc) is 2.89. The van der Waals surface area contributed by atoms with Crippen LogP contribution in [0, 0.1) is 5.82 Å². The monoisotopic (exact) mass is 303 g/mol. The molecule has 0 atom stereocenters. The van der Waals surface area contributed by atoms with E-state index in [1.54, 1.807) is 4.90 Å². The van der Waals surface area contributed by atoms with Crippen LogP contribution in [0.5, 0.6) is 0 Å². The zero-order chi connectivity index (χ0) is 13.8. The standard InChI is InChI=1S/C14H16Cl2FNO/c15-7-8-18(11-3-1-2-4-11)14(19)12-6-5-10(16)9-13(12)17/h5-6,9,11H,1-4,7-8H2. The van der Waals surface area contributed by atoms with Crippen molar-refractivity contribution in [2.75, 3.05) is 12.4 Å². The van der Waals surface area contributed by atoms with Crippen LogP contribution in [0.1, 0.15) is 36.0 Å². The molecule has 0 N–H and O–H groups in total. The van der Waals surface area contributed by atoms with E-state index >= 15 is 0 Å². The summed E-state index contributed by atoms with van der Waals surface area (Å²) < 4.78 is 13.8. The summed E-state index contributed by atoms with van der Waals surface area (Å²) in [5.74, 6) is -0.506. The van der Waals surface area contributed by atoms with Gasteiger partial charge in [-0.15, -0.1) is 11.6 Å². The van der Waals surface area contributed by atoms with Crippen LogP contribution in [0.4, 0.5) is 4.39 Å². The quantitative estimate of drug-likeness (QED) is 0.767. The van der Waals surface area contributed by atoms with Crippen molar-refractivity contribution in [1.82, 2.24) is 4.90 Å². The number of carbonyl (C=O) groups is 1. The van der Waals surface area contributed by atoms with E-state index in [0.29, 0.717) is 17.4 Å². The molecular weight excluding hydrogens is 288 g/mol. The van der Waals surface area contributed by atoms with E-state index in [2.05, 4.69) is 0 Å². The van der Waals surface area contributed by atoms with Gasteiger partial charge in [-0.3, -0.25) is 4.79 Å². The Bertz CT molecular complexity index is 461. The number of hydrogen-bond donors (Lipinski definition) is 0. The molecule has 0 saturated heterocycles. The third kappa shape index (κ3) is 3.40. The van der Waals surface area contributed by atoms with Crippen LogP contribution in [0.25, 0.3) is 0 Å². The first-order valence-corrected chi connectivity index (χ1v) is 7.36. The second-order valence-corrected chi connectivity index (χ2v) is 5.56. The molecule has 104 valence electrons. The van der Waals surface area contributed by atoms with Gasteiger partial charge in [-0.05, 0) is 31.0 Å². The predicted octanol–water partition coefficient (Wildman–Crippen LogP) is 4.10. The van der Waals surface area contributed by atoms with E-state index in [9.17, 15) is 9.18 Å². The van der Waals surface area contributed by atoms with Crippen molar-refractivity contribution in [3.05, 3.63) is 34.6 Å². The van der Waals surface area contributed by atoms with Gasteiger partial charge < -0.3 is 4.90 Å². The zero-order valence-corrected chi connectivity index (χ0v) is 12.1. The van der Waals surface area contributed by atoms with Gasteiger partial charge in [-0.1, -0.05) is 24.4 Å². The lowest BCUT2D eigenvalue weighted by Gasteiger charge is -2.28. The molecule has 1 amide bonds. The van der Waals surface area contributed by atoms with E-state index < -0.39 is 5.82 Å². The molecule has 19 heavy (non-hydrogen) atoms. The maximum absolute atomic E-state index is 13.8. The highest BCUT2D eigenvalue weighted by atomic mass is 35.5. The minimum absolute atomic E-state index is 0.0708. The minimum Gasteiger partial charge on any atom is -0.334 e. The number of benzene rings is 1. The predicted molar refractivity (Wildman–Crippen MR) is 75.4 cm³/mol. The molecule has 0 bridgehead atoms. The fraction of sp³-hybridized carbons (Fsp3) is 0.500. The molecule has 1 aliphatic rings. The molecule has 0 aromatic heterocycles. The zero-order valence-electron chi connectivity index (χ0n) is 10.5. The van der Waals surface area contributed by atoms with Crippen molar-refractivity contribution in [2.24, 2.45) is 0 Å². The topological polar surface area (TPSA) is 20.3 Å². The minimum atomic E-state index is -0.574. The fourth-order valence-electron chi connectivity index (χ4n) is 2.57. The number of nitrogens with zero attached hydrogens (tertiary/aromatic N) is 1. The summed E-state index contributed by atoms with van der Waals surface area (Å²) in [4.78, 5) is 14.1. The first-order chi connectivity index (χ1) is 9.13. The van der Waals surface area contributed by atoms with Crippen molar-refractivity contribution in [3.8, 4) is 0 Å². The van der Waals surface area contributed by atoms with Gasteiger partial charge in [0.15, 0.2) is 0 Å². The molecule has 0 aliphatic heterocycles. The van der Waals surface area contributed by atoms with Crippen molar-refractivity contribution in [3.63, 3.8) is 0 Å². The third-order valence-electron chi connectivity index (χ3n) is 3.51. The molecular formula is C14H16Cl2FNO. The average molecular weight is 304 g/mol. The normalized spacial score (nSPS) is 15.7. The van der Waals surface area contributed by atoms with Gasteiger partial charge in [-0.2, -0.15) is 0 Å². The summed E-state index contributed by atoms with van der Waals surface area (Å²) in [6, 6.07) is 4.32. The molecule has 0 spiro atoms. The van der Waals surface area contributed by atoms with Crippen molar-refractivity contribution in [2.45, 2.75) is 31.7 Å². The van der Waals surface area contributed by atoms with Crippen LogP contribution in [0.3, 0.4) is 0 Å². The van der Waals surface area contributed by atoms with Gasteiger partial charge in [0.05, 0.1) is 5.56 Å². The Balaban J connectivity index is 2.22. The van der Waals surface area contributed by atoms with Gasteiger partial charge in [0.2, 0.25) is 0 Å². The summed E-state index contributed by atoms with van der Waals surface area (Å²) >= 11 is 11.5. The van der Waals surface area contributed by atoms with Crippen molar-refractivity contribution >= 4 is 29.1 Å². The van der Waals surface area contributed by atoms with Crippen molar-refractivity contribution < 1.29 is 9.18 Å². The van der Waals surface area contributed by atoms with E-state index in [-0.39, 0.29) is 17.5 Å². The number of hydrogen-bond acceptors (Lipinski definition) is 1. The maximum atomic E-state index is 13.8. The Hall–Kier alpha value is -0.800. The highest BCUT2D eigenvalue weighted by molar-refractivity contribution is 6.30. The molecule has 0 radical (unpaired) electrons. The molecule has 0 heterocycles. The number of carbonyl (C=O) groups excluding carboxylic acids is 1. The number of rotatable bonds is 4. The largest absolute Gasteiger partial charge is 0.334 e. The molecule has 1 aromatic carbocycles. The Morgan fingerprint density at radius 3 is 2.63 bits per heavy atom. The van der Waals surface area contributed by atoms with Gasteiger partial charge in [-0.25, -0.2) is 4.39 Å². The van der Waals surface area contributed by atoms with Crippen LogP contribution in [0.15, 0.2) is 18.2 Å². The fourth-order valence-corrected chi connectivity index (χ4v) is 2.92. The third-order valence-corrected chi connectivity index (χ3v) is 3.92. The van der Waals surface area contributed by atoms with Gasteiger partial charge in [0.25, 0.3) is 5.91 Å². The molecule has 2 nitrogen and oxygen atoms in total. The number of halogens is 3. The Morgan fingerprint density at radius 1 is 1.37 bits per heavy atom. The highest BCUT2D eigenvalue weighted by Gasteiger charge is 2.28. The first kappa shape index (κ1) is 14.6. The molecule has 1 fully saturated rings. The number of alkyl halides is 1. The molecule has 2 rings (SSSR count). The van der Waals surface area contributed by atoms with E-state index in [1.165, 1.54) is 18.2 Å². The Kier molecular flexibility index (Phi) is 5.06. The summed E-state index contributed by atoms with van der Waals surface area (Å²) in [6.45, 7) is 0.452. The Labute approximate surface area is 122 Å². The number of amides is 1. The molecule has 5 heteroatoms. The van der Waals surface area contributed by atoms with Gasteiger partial charge >= 0.3 is 0 Å². The maximum Gasteiger partial charge on any atom is 0.257 e. The molecule has 0 unspecified atom stereocenters. The summed E-state index contributed by atoms with van der Waals surface area (Å²) in [5, 5.41) is 0.291. The summed E-state index contributed by atoms with van der Waals surface area (Å²) in [6.07, 6.45) is 4.16. The second kappa shape index (κ2) is 6.58. The van der Waals surface area contributed by atoms with E-state index in [1.807, 2.05) is 0 Å². The van der Waals surface area contributed by atoms with Gasteiger partial charge in [0, 0.05) is 23.5 Å². The van der Waals surface area contributed by atoms with Crippen molar-refractivity contribution in [1.29, 1.82) is 0 Å². The smallest absolute Gasteiger partial charge is 0.257 e. The SMILES string of the molecule is O=C(c1ccc(Cl)cc1F)N(CCCl)C1CCCC1. The van der Waals surface area contributed by atoms with Crippen LogP contribution >= 0.6 is 23.2 Å². The van der Waals surface area contributed by atoms with Gasteiger partial charge in [0.1, 0.15) is 5.82 Å². The van der Waals surface area contributed by atoms with E-state index in [0.717, 1.165) is 25.7 Å². The lowest BCUT2D eigenvalue weighted by atomic mass is 10.1. The van der Waals surface area contributed by atoms with E-state index in [4.69, 9.17) is 23.2 Å². The molecule has 1 saturated carbocycles. The molecule has 1 aromatic rings. The summed E-state index contributed by atoms with van der Waals surface area (Å²) in [7, 11) is 0. The lowest BCUT2D eigenvalue weighted by molar-refractivity contribution is 0.0690. The van der Waals surface area contributed by atoms with Crippen LogP contribution in [-0.4, -0.2) is 29.3 Å². The van der Waals surface area contributed by atoms with Crippen LogP contribution in [0.2, 0.25) is 5.02 Å². The van der Waals surface area contributed by atoms with Crippen LogP contribution in [-0.2, 0) is 0 Å². The second-order valence-electron chi connectivity index (χ2n) is 4.75. The summed E-state index contributed by atoms with van der Waals surface area (Å²) in [5.41, 5.74) is 0.0708. The first-order valence-electron chi connectivity index (χ1n) is 6.45. The van der Waals surface area contributed by atoms with Crippen LogP contribution < -0.4 is 0 Å². The molecule has 1 aliphatic carbocycles. The lowest BCUT2D eigenvalue weighted by Crippen LogP contribution is -2.40.